The third-order valence-electron chi connectivity index (χ3n) is 3.73. The molecule has 1 aromatic carbocycles. The zero-order chi connectivity index (χ0) is 20.4. The van der Waals surface area contributed by atoms with Gasteiger partial charge >= 0.3 is 17.7 Å². The van der Waals surface area contributed by atoms with Crippen LogP contribution in [0.1, 0.15) is 40.2 Å². The Labute approximate surface area is 157 Å². The van der Waals surface area contributed by atoms with Crippen molar-refractivity contribution in [2.75, 3.05) is 0 Å². The Morgan fingerprint density at radius 3 is 2.41 bits per heavy atom. The molecule has 0 saturated carbocycles. The van der Waals surface area contributed by atoms with Crippen molar-refractivity contribution in [3.8, 4) is 5.75 Å². The van der Waals surface area contributed by atoms with Crippen LogP contribution in [0, 0.1) is 12.8 Å². The molecule has 1 amide bonds. The summed E-state index contributed by atoms with van der Waals surface area (Å²) in [5.41, 5.74) is -0.0594. The Kier molecular flexibility index (Phi) is 5.93. The number of amides is 1. The number of carbonyl (C=O) groups is 2. The van der Waals surface area contributed by atoms with Crippen LogP contribution in [0.5, 0.6) is 5.75 Å². The van der Waals surface area contributed by atoms with Crippen LogP contribution in [-0.2, 0) is 9.53 Å². The number of nitrogens with one attached hydrogen (secondary N) is 1. The maximum Gasteiger partial charge on any atom is 0.408 e. The average molecular weight is 375 g/mol. The molecular weight excluding hydrogens is 350 g/mol. The monoisotopic (exact) mass is 375 g/mol. The first kappa shape index (κ1) is 20.5. The minimum atomic E-state index is -0.889. The van der Waals surface area contributed by atoms with Gasteiger partial charge in [-0.25, -0.2) is 14.4 Å². The lowest BCUT2D eigenvalue weighted by Gasteiger charge is -2.24. The topological polar surface area (TPSA) is 94.8 Å². The van der Waals surface area contributed by atoms with Gasteiger partial charge in [0, 0.05) is 17.5 Å². The highest BCUT2D eigenvalue weighted by Gasteiger charge is 2.28. The SMILES string of the molecule is Cc1cc(=O)oc2cc(OC(=O)C(NC(=O)OC(C)(C)C)C(C)C)ccc12. The van der Waals surface area contributed by atoms with Crippen molar-refractivity contribution in [1.29, 1.82) is 0 Å². The molecule has 0 saturated heterocycles. The number of ether oxygens (including phenoxy) is 2. The largest absolute Gasteiger partial charge is 0.444 e. The molecular formula is C20H25NO6. The maximum absolute atomic E-state index is 12.5. The Balaban J connectivity index is 2.18. The number of benzene rings is 1. The molecule has 7 heteroatoms. The number of aryl methyl sites for hydroxylation is 1. The molecule has 0 fully saturated rings. The Morgan fingerprint density at radius 2 is 1.81 bits per heavy atom. The van der Waals surface area contributed by atoms with Gasteiger partial charge in [0.25, 0.3) is 0 Å². The van der Waals surface area contributed by atoms with Gasteiger partial charge in [-0.3, -0.25) is 0 Å². The van der Waals surface area contributed by atoms with E-state index in [9.17, 15) is 14.4 Å². The standard InChI is InChI=1S/C20H25NO6/c1-11(2)17(21-19(24)27-20(4,5)6)18(23)25-13-7-8-14-12(3)9-16(22)26-15(14)10-13/h7-11,17H,1-6H3,(H,21,24). The van der Waals surface area contributed by atoms with Crippen LogP contribution >= 0.6 is 0 Å². The average Bonchev–Trinajstić information content (AvgIpc) is 2.49. The predicted octanol–water partition coefficient (Wildman–Crippen LogP) is 3.56. The van der Waals surface area contributed by atoms with E-state index in [0.717, 1.165) is 10.9 Å². The van der Waals surface area contributed by atoms with Gasteiger partial charge in [-0.2, -0.15) is 0 Å². The maximum atomic E-state index is 12.5. The number of hydrogen-bond acceptors (Lipinski definition) is 6. The highest BCUT2D eigenvalue weighted by Crippen LogP contribution is 2.23. The zero-order valence-electron chi connectivity index (χ0n) is 16.4. The van der Waals surface area contributed by atoms with Crippen LogP contribution in [0.25, 0.3) is 11.0 Å². The van der Waals surface area contributed by atoms with Crippen molar-refractivity contribution in [1.82, 2.24) is 5.32 Å². The summed E-state index contributed by atoms with van der Waals surface area (Å²) >= 11 is 0. The van der Waals surface area contributed by atoms with Gasteiger partial charge in [0.15, 0.2) is 0 Å². The molecule has 0 aliphatic carbocycles. The minimum Gasteiger partial charge on any atom is -0.444 e. The molecule has 1 atom stereocenters. The minimum absolute atomic E-state index is 0.217. The zero-order valence-corrected chi connectivity index (χ0v) is 16.4. The van der Waals surface area contributed by atoms with Gasteiger partial charge in [0.05, 0.1) is 0 Å². The number of hydrogen-bond donors (Lipinski definition) is 1. The van der Waals surface area contributed by atoms with E-state index in [4.69, 9.17) is 13.9 Å². The van der Waals surface area contributed by atoms with E-state index < -0.39 is 29.3 Å². The van der Waals surface area contributed by atoms with E-state index >= 15 is 0 Å². The Hall–Kier alpha value is -2.83. The van der Waals surface area contributed by atoms with Crippen LogP contribution in [0.3, 0.4) is 0 Å². The van der Waals surface area contributed by atoms with E-state index in [-0.39, 0.29) is 11.7 Å². The van der Waals surface area contributed by atoms with Gasteiger partial charge in [0.1, 0.15) is 23.0 Å². The van der Waals surface area contributed by atoms with E-state index in [1.807, 2.05) is 0 Å². The van der Waals surface area contributed by atoms with E-state index in [2.05, 4.69) is 5.32 Å². The van der Waals surface area contributed by atoms with Gasteiger partial charge < -0.3 is 19.2 Å². The van der Waals surface area contributed by atoms with Gasteiger partial charge in [-0.15, -0.1) is 0 Å². The normalized spacial score (nSPS) is 12.7. The van der Waals surface area contributed by atoms with Gasteiger partial charge in [0.2, 0.25) is 0 Å². The molecule has 2 rings (SSSR count). The molecule has 1 N–H and O–H groups in total. The molecule has 1 aromatic heterocycles. The number of rotatable bonds is 4. The fourth-order valence-electron chi connectivity index (χ4n) is 2.48. The van der Waals surface area contributed by atoms with Crippen LogP contribution in [0.4, 0.5) is 4.79 Å². The Morgan fingerprint density at radius 1 is 1.15 bits per heavy atom. The summed E-state index contributed by atoms with van der Waals surface area (Å²) in [6, 6.07) is 5.31. The third-order valence-corrected chi connectivity index (χ3v) is 3.73. The van der Waals surface area contributed by atoms with E-state index in [0.29, 0.717) is 5.58 Å². The van der Waals surface area contributed by atoms with Crippen LogP contribution in [0.15, 0.2) is 33.5 Å². The summed E-state index contributed by atoms with van der Waals surface area (Å²) in [5.74, 6) is -0.631. The molecule has 1 heterocycles. The highest BCUT2D eigenvalue weighted by molar-refractivity contribution is 5.85. The quantitative estimate of drug-likeness (QED) is 0.499. The van der Waals surface area contributed by atoms with Gasteiger partial charge in [-0.1, -0.05) is 13.8 Å². The second-order valence-corrected chi connectivity index (χ2v) is 7.70. The first-order valence-electron chi connectivity index (χ1n) is 8.72. The predicted molar refractivity (Wildman–Crippen MR) is 101 cm³/mol. The van der Waals surface area contributed by atoms with Crippen LogP contribution < -0.4 is 15.7 Å². The van der Waals surface area contributed by atoms with Crippen molar-refractivity contribution in [2.45, 2.75) is 53.2 Å². The van der Waals surface area contributed by atoms with Crippen molar-refractivity contribution in [2.24, 2.45) is 5.92 Å². The summed E-state index contributed by atoms with van der Waals surface area (Å²) in [5, 5.41) is 3.29. The second kappa shape index (κ2) is 7.82. The molecule has 7 nitrogen and oxygen atoms in total. The van der Waals surface area contributed by atoms with Crippen LogP contribution in [0.2, 0.25) is 0 Å². The Bertz CT molecular complexity index is 907. The fraction of sp³-hybridized carbons (Fsp3) is 0.450. The number of esters is 1. The molecule has 0 aliphatic heterocycles. The van der Waals surface area contributed by atoms with E-state index in [1.54, 1.807) is 53.7 Å². The number of carbonyl (C=O) groups excluding carboxylic acids is 2. The first-order chi connectivity index (χ1) is 12.5. The molecule has 0 aliphatic rings. The van der Waals surface area contributed by atoms with Crippen molar-refractivity contribution in [3.63, 3.8) is 0 Å². The van der Waals surface area contributed by atoms with Gasteiger partial charge in [-0.05, 0) is 51.3 Å². The lowest BCUT2D eigenvalue weighted by molar-refractivity contribution is -0.137. The molecule has 1 unspecified atom stereocenters. The summed E-state index contributed by atoms with van der Waals surface area (Å²) in [6.07, 6.45) is -0.696. The van der Waals surface area contributed by atoms with Crippen LogP contribution in [-0.4, -0.2) is 23.7 Å². The molecule has 0 spiro atoms. The molecule has 27 heavy (non-hydrogen) atoms. The van der Waals surface area contributed by atoms with Crippen molar-refractivity contribution in [3.05, 3.63) is 40.2 Å². The highest BCUT2D eigenvalue weighted by atomic mass is 16.6. The fourth-order valence-corrected chi connectivity index (χ4v) is 2.48. The number of alkyl carbamates (subject to hydrolysis) is 1. The molecule has 0 radical (unpaired) electrons. The number of fused-ring (bicyclic) bond motifs is 1. The lowest BCUT2D eigenvalue weighted by Crippen LogP contribution is -2.48. The second-order valence-electron chi connectivity index (χ2n) is 7.70. The third kappa shape index (κ3) is 5.57. The van der Waals surface area contributed by atoms with E-state index in [1.165, 1.54) is 12.1 Å². The lowest BCUT2D eigenvalue weighted by atomic mass is 10.1. The summed E-state index contributed by atoms with van der Waals surface area (Å²) in [7, 11) is 0. The first-order valence-corrected chi connectivity index (χ1v) is 8.72. The van der Waals surface area contributed by atoms with Crippen molar-refractivity contribution >= 4 is 23.0 Å². The molecule has 146 valence electrons. The molecule has 0 bridgehead atoms. The molecule has 2 aromatic rings. The smallest absolute Gasteiger partial charge is 0.408 e. The summed E-state index contributed by atoms with van der Waals surface area (Å²) in [6.45, 7) is 10.6. The summed E-state index contributed by atoms with van der Waals surface area (Å²) < 4.78 is 15.7. The summed E-state index contributed by atoms with van der Waals surface area (Å²) in [4.78, 5) is 36.1. The van der Waals surface area contributed by atoms with Crippen molar-refractivity contribution < 1.29 is 23.5 Å².